The minimum atomic E-state index is -1.10. The van der Waals surface area contributed by atoms with Crippen LogP contribution >= 0.6 is 0 Å². The van der Waals surface area contributed by atoms with Gasteiger partial charge in [-0.3, -0.25) is 9.59 Å². The Labute approximate surface area is 165 Å². The highest BCUT2D eigenvalue weighted by Crippen LogP contribution is 2.06. The lowest BCUT2D eigenvalue weighted by Gasteiger charge is -2.17. The first-order valence-corrected chi connectivity index (χ1v) is 9.63. The topological polar surface area (TPSA) is 131 Å². The number of unbranched alkanes of at least 4 members (excludes halogenated alkanes) is 3. The third-order valence-electron chi connectivity index (χ3n) is 4.14. The fourth-order valence-electron chi connectivity index (χ4n) is 2.58. The number of aliphatic hydroxyl groups is 1. The van der Waals surface area contributed by atoms with E-state index in [1.54, 1.807) is 0 Å². The molecule has 0 radical (unpaired) electrons. The molecule has 8 heteroatoms. The van der Waals surface area contributed by atoms with Gasteiger partial charge in [-0.2, -0.15) is 0 Å². The molecule has 0 aliphatic rings. The summed E-state index contributed by atoms with van der Waals surface area (Å²) in [6.45, 7) is 2.06. The number of benzene rings is 1. The van der Waals surface area contributed by atoms with Crippen molar-refractivity contribution in [3.05, 3.63) is 35.9 Å². The van der Waals surface area contributed by atoms with Crippen molar-refractivity contribution in [2.24, 2.45) is 5.73 Å². The Morgan fingerprint density at radius 3 is 2.50 bits per heavy atom. The molecule has 0 bridgehead atoms. The summed E-state index contributed by atoms with van der Waals surface area (Å²) >= 11 is 0. The van der Waals surface area contributed by atoms with E-state index in [4.69, 9.17) is 10.5 Å². The van der Waals surface area contributed by atoms with E-state index in [0.29, 0.717) is 6.42 Å². The number of alkyl carbamates (subject to hydrolysis) is 1. The summed E-state index contributed by atoms with van der Waals surface area (Å²) in [7, 11) is 0. The van der Waals surface area contributed by atoms with Gasteiger partial charge in [0.05, 0.1) is 12.5 Å². The van der Waals surface area contributed by atoms with Crippen LogP contribution in [0.15, 0.2) is 30.3 Å². The average Bonchev–Trinajstić information content (AvgIpc) is 2.67. The molecule has 0 aliphatic carbocycles. The summed E-state index contributed by atoms with van der Waals surface area (Å²) in [5.41, 5.74) is 6.16. The highest BCUT2D eigenvalue weighted by molar-refractivity contribution is 5.86. The number of aliphatic hydroxyl groups excluding tert-OH is 1. The number of rotatable bonds is 13. The van der Waals surface area contributed by atoms with E-state index < -0.39 is 30.1 Å². The van der Waals surface area contributed by atoms with Gasteiger partial charge in [0.2, 0.25) is 11.8 Å². The Hall–Kier alpha value is -2.61. The zero-order chi connectivity index (χ0) is 20.8. The maximum absolute atomic E-state index is 12.0. The molecule has 0 spiro atoms. The first-order chi connectivity index (χ1) is 13.4. The predicted octanol–water partition coefficient (Wildman–Crippen LogP) is 1.60. The number of amides is 3. The Morgan fingerprint density at radius 2 is 1.86 bits per heavy atom. The van der Waals surface area contributed by atoms with Crippen molar-refractivity contribution in [3.63, 3.8) is 0 Å². The van der Waals surface area contributed by atoms with Crippen molar-refractivity contribution < 1.29 is 24.2 Å². The van der Waals surface area contributed by atoms with Crippen molar-refractivity contribution in [1.29, 1.82) is 0 Å². The van der Waals surface area contributed by atoms with Gasteiger partial charge in [0.15, 0.2) is 0 Å². The van der Waals surface area contributed by atoms with Gasteiger partial charge in [0.25, 0.3) is 0 Å². The number of hydrogen-bond donors (Lipinski definition) is 4. The molecule has 0 aliphatic heterocycles. The van der Waals surface area contributed by atoms with Crippen LogP contribution in [0.4, 0.5) is 4.79 Å². The molecule has 0 saturated heterocycles. The Bertz CT molecular complexity index is 609. The molecule has 0 aromatic heterocycles. The maximum Gasteiger partial charge on any atom is 0.407 e. The number of ether oxygens (including phenoxy) is 1. The first-order valence-electron chi connectivity index (χ1n) is 9.63. The maximum atomic E-state index is 12.0. The standard InChI is InChI=1S/C20H31N3O5/c1-2-3-4-8-11-17(19(21)26)23-18(25)12-16(24)13-22-20(27)28-14-15-9-6-5-7-10-15/h5-7,9-10,16-17,24H,2-4,8,11-14H2,1H3,(H2,21,26)(H,22,27)(H,23,25)/t16-,17-/m1/s1. The third-order valence-corrected chi connectivity index (χ3v) is 4.14. The SMILES string of the molecule is CCCCCC[C@@H](NC(=O)C[C@@H](O)CNC(=O)OCc1ccccc1)C(N)=O. The van der Waals surface area contributed by atoms with Crippen molar-refractivity contribution in [2.45, 2.75) is 64.2 Å². The van der Waals surface area contributed by atoms with Crippen LogP contribution in [-0.2, 0) is 20.9 Å². The average molecular weight is 393 g/mol. The molecule has 28 heavy (non-hydrogen) atoms. The molecule has 5 N–H and O–H groups in total. The van der Waals surface area contributed by atoms with Crippen LogP contribution in [-0.4, -0.2) is 41.7 Å². The van der Waals surface area contributed by atoms with E-state index in [2.05, 4.69) is 17.6 Å². The predicted molar refractivity (Wildman–Crippen MR) is 105 cm³/mol. The van der Waals surface area contributed by atoms with Crippen molar-refractivity contribution in [3.8, 4) is 0 Å². The normalized spacial score (nSPS) is 12.6. The molecule has 156 valence electrons. The largest absolute Gasteiger partial charge is 0.445 e. The molecule has 0 unspecified atom stereocenters. The van der Waals surface area contributed by atoms with Crippen LogP contribution in [0, 0.1) is 0 Å². The first kappa shape index (κ1) is 23.4. The Kier molecular flexibility index (Phi) is 11.3. The number of hydrogen-bond acceptors (Lipinski definition) is 5. The van der Waals surface area contributed by atoms with E-state index in [-0.39, 0.29) is 19.6 Å². The van der Waals surface area contributed by atoms with E-state index in [1.165, 1.54) is 0 Å². The monoisotopic (exact) mass is 393 g/mol. The number of carbonyl (C=O) groups excluding carboxylic acids is 3. The fraction of sp³-hybridized carbons (Fsp3) is 0.550. The highest BCUT2D eigenvalue weighted by Gasteiger charge is 2.20. The minimum absolute atomic E-state index is 0.113. The second-order valence-electron chi connectivity index (χ2n) is 6.67. The van der Waals surface area contributed by atoms with Crippen LogP contribution in [0.25, 0.3) is 0 Å². The van der Waals surface area contributed by atoms with Crippen LogP contribution < -0.4 is 16.4 Å². The van der Waals surface area contributed by atoms with Gasteiger partial charge >= 0.3 is 6.09 Å². The second-order valence-corrected chi connectivity index (χ2v) is 6.67. The summed E-state index contributed by atoms with van der Waals surface area (Å²) in [4.78, 5) is 35.1. The van der Waals surface area contributed by atoms with Crippen LogP contribution in [0.3, 0.4) is 0 Å². The van der Waals surface area contributed by atoms with Gasteiger partial charge < -0.3 is 26.2 Å². The number of carbonyl (C=O) groups is 3. The lowest BCUT2D eigenvalue weighted by atomic mass is 10.1. The Balaban J connectivity index is 2.26. The van der Waals surface area contributed by atoms with Gasteiger partial charge in [-0.1, -0.05) is 62.9 Å². The molecule has 0 fully saturated rings. The molecule has 1 aromatic carbocycles. The number of nitrogens with two attached hydrogens (primary N) is 1. The van der Waals surface area contributed by atoms with Crippen LogP contribution in [0.2, 0.25) is 0 Å². The smallest absolute Gasteiger partial charge is 0.407 e. The molecule has 2 atom stereocenters. The summed E-state index contributed by atoms with van der Waals surface area (Å²) < 4.78 is 5.02. The summed E-state index contributed by atoms with van der Waals surface area (Å²) in [5, 5.41) is 14.8. The molecular weight excluding hydrogens is 362 g/mol. The molecule has 8 nitrogen and oxygen atoms in total. The zero-order valence-electron chi connectivity index (χ0n) is 16.4. The molecule has 0 saturated carbocycles. The van der Waals surface area contributed by atoms with E-state index >= 15 is 0 Å². The number of primary amides is 1. The fourth-order valence-corrected chi connectivity index (χ4v) is 2.58. The van der Waals surface area contributed by atoms with Crippen LogP contribution in [0.5, 0.6) is 0 Å². The van der Waals surface area contributed by atoms with Gasteiger partial charge in [0.1, 0.15) is 12.6 Å². The van der Waals surface area contributed by atoms with E-state index in [9.17, 15) is 19.5 Å². The summed E-state index contributed by atoms with van der Waals surface area (Å²) in [6.07, 6.45) is 2.32. The van der Waals surface area contributed by atoms with Crippen molar-refractivity contribution in [1.82, 2.24) is 10.6 Å². The lowest BCUT2D eigenvalue weighted by Crippen LogP contribution is -2.46. The van der Waals surface area contributed by atoms with Gasteiger partial charge in [-0.05, 0) is 12.0 Å². The third kappa shape index (κ3) is 10.5. The van der Waals surface area contributed by atoms with Gasteiger partial charge in [-0.15, -0.1) is 0 Å². The minimum Gasteiger partial charge on any atom is -0.445 e. The van der Waals surface area contributed by atoms with Gasteiger partial charge in [0, 0.05) is 6.54 Å². The summed E-state index contributed by atoms with van der Waals surface area (Å²) in [5.74, 6) is -1.09. The molecule has 1 rings (SSSR count). The zero-order valence-corrected chi connectivity index (χ0v) is 16.4. The van der Waals surface area contributed by atoms with E-state index in [1.807, 2.05) is 30.3 Å². The van der Waals surface area contributed by atoms with Crippen LogP contribution in [0.1, 0.15) is 51.0 Å². The van der Waals surface area contributed by atoms with Crippen molar-refractivity contribution in [2.75, 3.05) is 6.54 Å². The highest BCUT2D eigenvalue weighted by atomic mass is 16.5. The van der Waals surface area contributed by atoms with Gasteiger partial charge in [-0.25, -0.2) is 4.79 Å². The lowest BCUT2D eigenvalue weighted by molar-refractivity contribution is -0.128. The van der Waals surface area contributed by atoms with E-state index in [0.717, 1.165) is 31.2 Å². The van der Waals surface area contributed by atoms with Crippen molar-refractivity contribution >= 4 is 17.9 Å². The molecular formula is C20H31N3O5. The molecule has 3 amide bonds. The summed E-state index contributed by atoms with van der Waals surface area (Å²) in [6, 6.07) is 8.43. The second kappa shape index (κ2) is 13.5. The quantitative estimate of drug-likeness (QED) is 0.378. The Morgan fingerprint density at radius 1 is 1.14 bits per heavy atom. The molecule has 1 aromatic rings. The molecule has 0 heterocycles. The number of nitrogens with one attached hydrogen (secondary N) is 2.